The first-order valence-corrected chi connectivity index (χ1v) is 23.3. The number of nitrogen functional groups attached to an aromatic ring is 1. The fourth-order valence-electron chi connectivity index (χ4n) is 5.72. The molecule has 2 rings (SSSR count). The smallest absolute Gasteiger partial charge is 0.387 e. The predicted octanol–water partition coefficient (Wildman–Crippen LogP) is 6.13. The van der Waals surface area contributed by atoms with E-state index in [0.29, 0.717) is 9.98 Å². The molecule has 1 fully saturated rings. The summed E-state index contributed by atoms with van der Waals surface area (Å²) in [7, 11) is -10.3. The lowest BCUT2D eigenvalue weighted by atomic mass is 10.1. The Morgan fingerprint density at radius 2 is 1.45 bits per heavy atom. The fraction of sp³-hybridized carbons (Fsp3) is 0.882. The molecular formula is C34H65N3O13P2S. The fourth-order valence-corrected chi connectivity index (χ4v) is 9.20. The SMILES string of the molecule is CCCCCCCCCCSC(CCCCCCCCC)C(C)OCCCOP(=O)(O)OP(=O)(O)OC[C@H]1O[C@@H](On2ccc(N)nc2=O)[C@@H](O)[C@@H]1O. The number of phosphoric ester groups is 2. The second-order valence-corrected chi connectivity index (χ2v) is 17.9. The van der Waals surface area contributed by atoms with Crippen molar-refractivity contribution in [2.45, 2.75) is 166 Å². The van der Waals surface area contributed by atoms with Gasteiger partial charge in [0.2, 0.25) is 0 Å². The summed E-state index contributed by atoms with van der Waals surface area (Å²) in [5.74, 6) is 1.02. The van der Waals surface area contributed by atoms with Crippen LogP contribution in [0.25, 0.3) is 0 Å². The van der Waals surface area contributed by atoms with Gasteiger partial charge in [0, 0.05) is 17.9 Å². The van der Waals surface area contributed by atoms with Gasteiger partial charge in [-0.2, -0.15) is 21.1 Å². The zero-order valence-corrected chi connectivity index (χ0v) is 34.3. The molecule has 2 heterocycles. The van der Waals surface area contributed by atoms with Crippen molar-refractivity contribution in [2.75, 3.05) is 31.3 Å². The molecule has 0 aromatic carbocycles. The Morgan fingerprint density at radius 3 is 2.08 bits per heavy atom. The molecule has 16 nitrogen and oxygen atoms in total. The highest BCUT2D eigenvalue weighted by molar-refractivity contribution is 7.99. The van der Waals surface area contributed by atoms with Gasteiger partial charge in [0.25, 0.3) is 6.29 Å². The van der Waals surface area contributed by atoms with Crippen LogP contribution in [0.2, 0.25) is 0 Å². The monoisotopic (exact) mass is 817 g/mol. The minimum atomic E-state index is -5.21. The van der Waals surface area contributed by atoms with E-state index in [1.807, 2.05) is 11.8 Å². The van der Waals surface area contributed by atoms with Crippen molar-refractivity contribution >= 4 is 33.2 Å². The summed E-state index contributed by atoms with van der Waals surface area (Å²) in [5, 5.41) is 20.8. The summed E-state index contributed by atoms with van der Waals surface area (Å²) < 4.78 is 50.8. The number of nitrogens with two attached hydrogens (primary N) is 1. The summed E-state index contributed by atoms with van der Waals surface area (Å²) in [6, 6.07) is 1.25. The van der Waals surface area contributed by atoms with Gasteiger partial charge in [-0.15, -0.1) is 4.73 Å². The standard InChI is InChI=1S/C34H65N3O13P2S/c1-4-6-8-10-12-14-16-18-25-53-29(20-17-15-13-11-9-7-5-2)27(3)45-23-19-24-46-51(41,42)50-52(43,44)47-26-28-31(38)32(39)33(48-28)49-37-22-21-30(35)36-34(37)40/h21-22,27-29,31-33,38-39H,4-20,23-26H2,1-3H3,(H,41,42)(H,43,44)(H2,35,36,40)/t27?,28-,29?,31-,32+,33+/m1/s1. The molecule has 1 saturated heterocycles. The van der Waals surface area contributed by atoms with Crippen molar-refractivity contribution in [3.63, 3.8) is 0 Å². The van der Waals surface area contributed by atoms with E-state index in [1.165, 1.54) is 96.0 Å². The molecule has 8 atom stereocenters. The largest absolute Gasteiger partial charge is 0.481 e. The Kier molecular flexibility index (Phi) is 24.2. The zero-order valence-electron chi connectivity index (χ0n) is 31.7. The highest BCUT2D eigenvalue weighted by Crippen LogP contribution is 2.60. The number of rotatable bonds is 32. The summed E-state index contributed by atoms with van der Waals surface area (Å²) in [6.45, 7) is 5.62. The molecule has 6 N–H and O–H groups in total. The number of nitrogens with zero attached hydrogens (tertiary/aromatic N) is 2. The first-order valence-electron chi connectivity index (χ1n) is 19.2. The van der Waals surface area contributed by atoms with Crippen LogP contribution >= 0.6 is 27.4 Å². The number of thioether (sulfide) groups is 1. The second kappa shape index (κ2) is 26.7. The van der Waals surface area contributed by atoms with Gasteiger partial charge >= 0.3 is 21.3 Å². The molecule has 0 radical (unpaired) electrons. The highest BCUT2D eigenvalue weighted by Gasteiger charge is 2.46. The average molecular weight is 818 g/mol. The molecule has 0 saturated carbocycles. The second-order valence-electron chi connectivity index (χ2n) is 13.5. The van der Waals surface area contributed by atoms with Crippen molar-refractivity contribution in [1.82, 2.24) is 9.71 Å². The average Bonchev–Trinajstić information content (AvgIpc) is 3.36. The minimum Gasteiger partial charge on any atom is -0.387 e. The Bertz CT molecular complexity index is 1280. The van der Waals surface area contributed by atoms with E-state index in [-0.39, 0.29) is 31.6 Å². The lowest BCUT2D eigenvalue weighted by Gasteiger charge is -2.24. The van der Waals surface area contributed by atoms with Crippen LogP contribution in [-0.2, 0) is 32.0 Å². The van der Waals surface area contributed by atoms with Gasteiger partial charge in [0.05, 0.1) is 25.5 Å². The number of ether oxygens (including phenoxy) is 2. The van der Waals surface area contributed by atoms with Crippen LogP contribution < -0.4 is 16.3 Å². The number of aromatic nitrogens is 2. The van der Waals surface area contributed by atoms with Crippen LogP contribution in [0, 0.1) is 0 Å². The molecule has 0 spiro atoms. The van der Waals surface area contributed by atoms with E-state index < -0.39 is 52.5 Å². The Labute approximate surface area is 319 Å². The topological polar surface area (TPSA) is 231 Å². The van der Waals surface area contributed by atoms with Gasteiger partial charge < -0.3 is 40.0 Å². The summed E-state index contributed by atoms with van der Waals surface area (Å²) in [4.78, 5) is 40.6. The first kappa shape index (κ1) is 48.1. The van der Waals surface area contributed by atoms with Crippen molar-refractivity contribution < 1.29 is 56.8 Å². The zero-order chi connectivity index (χ0) is 39.1. The third-order valence-corrected chi connectivity index (χ3v) is 13.0. The van der Waals surface area contributed by atoms with Crippen molar-refractivity contribution in [1.29, 1.82) is 0 Å². The number of anilines is 1. The van der Waals surface area contributed by atoms with Crippen LogP contribution in [0.5, 0.6) is 0 Å². The van der Waals surface area contributed by atoms with Crippen LogP contribution in [0.4, 0.5) is 5.82 Å². The first-order chi connectivity index (χ1) is 25.3. The lowest BCUT2D eigenvalue weighted by molar-refractivity contribution is -0.173. The molecule has 19 heteroatoms. The molecule has 53 heavy (non-hydrogen) atoms. The third kappa shape index (κ3) is 20.6. The van der Waals surface area contributed by atoms with Gasteiger partial charge in [0.1, 0.15) is 24.1 Å². The maximum atomic E-state index is 12.4. The predicted molar refractivity (Wildman–Crippen MR) is 204 cm³/mol. The molecule has 1 aromatic heterocycles. The van der Waals surface area contributed by atoms with Crippen molar-refractivity contribution in [2.24, 2.45) is 0 Å². The van der Waals surface area contributed by atoms with Gasteiger partial charge in [0.15, 0.2) is 0 Å². The van der Waals surface area contributed by atoms with Crippen LogP contribution in [0.15, 0.2) is 17.1 Å². The van der Waals surface area contributed by atoms with Crippen molar-refractivity contribution in [3.8, 4) is 0 Å². The molecule has 0 aliphatic carbocycles. The number of hydrogen-bond acceptors (Lipinski definition) is 14. The normalized spacial score (nSPS) is 22.3. The quantitative estimate of drug-likeness (QED) is 0.0407. The minimum absolute atomic E-state index is 0.0295. The van der Waals surface area contributed by atoms with Crippen LogP contribution in [0.1, 0.15) is 130 Å². The Hall–Kier alpha value is -1.07. The summed E-state index contributed by atoms with van der Waals surface area (Å²) in [5.41, 5.74) is 4.50. The summed E-state index contributed by atoms with van der Waals surface area (Å²) >= 11 is 1.96. The molecule has 0 amide bonds. The van der Waals surface area contributed by atoms with E-state index in [4.69, 9.17) is 29.1 Å². The molecule has 1 aliphatic heterocycles. The number of aliphatic hydroxyl groups excluding tert-OH is 2. The van der Waals surface area contributed by atoms with E-state index in [9.17, 15) is 33.9 Å². The van der Waals surface area contributed by atoms with E-state index in [1.54, 1.807) is 0 Å². The van der Waals surface area contributed by atoms with Crippen molar-refractivity contribution in [3.05, 3.63) is 22.7 Å². The van der Waals surface area contributed by atoms with E-state index >= 15 is 0 Å². The van der Waals surface area contributed by atoms with Crippen LogP contribution in [-0.4, -0.2) is 91.2 Å². The van der Waals surface area contributed by atoms with E-state index in [0.717, 1.165) is 24.8 Å². The Balaban J connectivity index is 1.73. The van der Waals surface area contributed by atoms with Crippen LogP contribution in [0.3, 0.4) is 0 Å². The number of phosphoric acid groups is 2. The molecule has 0 bridgehead atoms. The molecule has 4 unspecified atom stereocenters. The summed E-state index contributed by atoms with van der Waals surface area (Å²) in [6.07, 6.45) is 14.9. The van der Waals surface area contributed by atoms with Gasteiger partial charge in [-0.25, -0.2) is 13.9 Å². The lowest BCUT2D eigenvalue weighted by Crippen LogP contribution is -2.41. The molecular weight excluding hydrogens is 752 g/mol. The highest BCUT2D eigenvalue weighted by atomic mass is 32.2. The maximum absolute atomic E-state index is 12.4. The maximum Gasteiger partial charge on any atom is 0.481 e. The Morgan fingerprint density at radius 1 is 0.868 bits per heavy atom. The van der Waals surface area contributed by atoms with Gasteiger partial charge in [-0.3, -0.25) is 9.05 Å². The molecule has 310 valence electrons. The van der Waals surface area contributed by atoms with E-state index in [2.05, 4.69) is 30.1 Å². The molecule has 1 aliphatic rings. The third-order valence-electron chi connectivity index (χ3n) is 8.81. The van der Waals surface area contributed by atoms with Gasteiger partial charge in [-0.05, 0) is 31.9 Å². The van der Waals surface area contributed by atoms with Gasteiger partial charge in [-0.1, -0.05) is 104 Å². The number of unbranched alkanes of at least 4 members (excludes halogenated alkanes) is 13. The molecule has 1 aromatic rings. The number of hydrogen-bond donors (Lipinski definition) is 5. The number of aliphatic hydroxyl groups is 2.